The van der Waals surface area contributed by atoms with Crippen molar-refractivity contribution in [2.24, 2.45) is 7.05 Å². The van der Waals surface area contributed by atoms with E-state index in [9.17, 15) is 13.2 Å². The molecular formula is C20H26N4O3S. The highest BCUT2D eigenvalue weighted by molar-refractivity contribution is 7.89. The summed E-state index contributed by atoms with van der Waals surface area (Å²) in [4.78, 5) is 12.9. The Morgan fingerprint density at radius 1 is 1.21 bits per heavy atom. The molecule has 1 fully saturated rings. The smallest absolute Gasteiger partial charge is 0.255 e. The number of nitrogens with zero attached hydrogens (tertiary/aromatic N) is 2. The van der Waals surface area contributed by atoms with Crippen molar-refractivity contribution in [1.29, 1.82) is 0 Å². The normalized spacial score (nSPS) is 19.7. The zero-order valence-corrected chi connectivity index (χ0v) is 17.1. The zero-order chi connectivity index (χ0) is 19.9. The fourth-order valence-corrected chi connectivity index (χ4v) is 5.63. The van der Waals surface area contributed by atoms with Gasteiger partial charge in [0.25, 0.3) is 5.91 Å². The number of amides is 1. The monoisotopic (exact) mass is 402 g/mol. The van der Waals surface area contributed by atoms with Crippen molar-refractivity contribution in [3.05, 3.63) is 46.8 Å². The minimum atomic E-state index is -3.55. The van der Waals surface area contributed by atoms with E-state index in [1.807, 2.05) is 6.07 Å². The minimum absolute atomic E-state index is 0.0299. The Morgan fingerprint density at radius 2 is 1.96 bits per heavy atom. The molecule has 0 saturated heterocycles. The molecular weight excluding hydrogens is 376 g/mol. The Morgan fingerprint density at radius 3 is 2.64 bits per heavy atom. The number of carbonyl (C=O) groups is 1. The number of hydrogen-bond acceptors (Lipinski definition) is 4. The second-order valence-corrected chi connectivity index (χ2v) is 9.54. The number of carbonyl (C=O) groups excluding carboxylic acids is 1. The van der Waals surface area contributed by atoms with Crippen LogP contribution in [0.2, 0.25) is 0 Å². The summed E-state index contributed by atoms with van der Waals surface area (Å²) in [5, 5.41) is 7.26. The molecule has 1 aromatic carbocycles. The summed E-state index contributed by atoms with van der Waals surface area (Å²) in [7, 11) is -1.77. The van der Waals surface area contributed by atoms with Gasteiger partial charge in [0, 0.05) is 19.3 Å². The molecule has 28 heavy (non-hydrogen) atoms. The van der Waals surface area contributed by atoms with Gasteiger partial charge < -0.3 is 5.32 Å². The summed E-state index contributed by atoms with van der Waals surface area (Å²) in [6.45, 7) is 1.80. The first-order valence-electron chi connectivity index (χ1n) is 9.80. The molecule has 1 amide bonds. The number of aromatic nitrogens is 2. The van der Waals surface area contributed by atoms with Crippen molar-refractivity contribution < 1.29 is 13.2 Å². The molecule has 2 N–H and O–H groups in total. The van der Waals surface area contributed by atoms with Crippen LogP contribution in [0.15, 0.2) is 29.3 Å². The number of aryl methyl sites for hydroxylation is 3. The highest BCUT2D eigenvalue weighted by Gasteiger charge is 2.29. The van der Waals surface area contributed by atoms with Gasteiger partial charge in [0.15, 0.2) is 0 Å². The molecule has 1 saturated carbocycles. The van der Waals surface area contributed by atoms with Crippen molar-refractivity contribution in [3.63, 3.8) is 0 Å². The van der Waals surface area contributed by atoms with Crippen molar-refractivity contribution >= 4 is 15.9 Å². The predicted octanol–water partition coefficient (Wildman–Crippen LogP) is 2.37. The highest BCUT2D eigenvalue weighted by Crippen LogP contribution is 2.33. The number of benzene rings is 1. The molecule has 0 spiro atoms. The Balaban J connectivity index is 1.55. The molecule has 2 aliphatic carbocycles. The lowest BCUT2D eigenvalue weighted by atomic mass is 10.1. The predicted molar refractivity (Wildman–Crippen MR) is 105 cm³/mol. The van der Waals surface area contributed by atoms with Gasteiger partial charge in [-0.1, -0.05) is 18.9 Å². The number of hydrogen-bond donors (Lipinski definition) is 2. The summed E-state index contributed by atoms with van der Waals surface area (Å²) in [6.07, 6.45) is 7.22. The topological polar surface area (TPSA) is 93.1 Å². The Bertz CT molecular complexity index is 1010. The van der Waals surface area contributed by atoms with Crippen LogP contribution in [0.25, 0.3) is 0 Å². The molecule has 150 valence electrons. The van der Waals surface area contributed by atoms with Crippen LogP contribution in [0.1, 0.15) is 65.3 Å². The van der Waals surface area contributed by atoms with E-state index >= 15 is 0 Å². The molecule has 1 unspecified atom stereocenters. The maximum Gasteiger partial charge on any atom is 0.255 e. The summed E-state index contributed by atoms with van der Waals surface area (Å²) in [5.41, 5.74) is 3.20. The molecule has 1 aromatic heterocycles. The largest absolute Gasteiger partial charge is 0.345 e. The van der Waals surface area contributed by atoms with Gasteiger partial charge in [-0.15, -0.1) is 0 Å². The van der Waals surface area contributed by atoms with Crippen LogP contribution < -0.4 is 10.0 Å². The first kappa shape index (κ1) is 19.1. The van der Waals surface area contributed by atoms with Gasteiger partial charge in [0.1, 0.15) is 0 Å². The van der Waals surface area contributed by atoms with E-state index in [0.29, 0.717) is 11.3 Å². The van der Waals surface area contributed by atoms with E-state index in [4.69, 9.17) is 0 Å². The Kier molecular flexibility index (Phi) is 5.01. The van der Waals surface area contributed by atoms with Crippen molar-refractivity contribution in [2.75, 3.05) is 0 Å². The van der Waals surface area contributed by atoms with Crippen LogP contribution in [-0.4, -0.2) is 30.1 Å². The quantitative estimate of drug-likeness (QED) is 0.803. The molecule has 0 radical (unpaired) electrons. The van der Waals surface area contributed by atoms with Crippen LogP contribution in [0, 0.1) is 6.92 Å². The SMILES string of the molecule is Cc1nn(C)cc1C(=O)NC1CCc2ccc(S(=O)(=O)NC3CCCC3)cc21. The number of fused-ring (bicyclic) bond motifs is 1. The zero-order valence-electron chi connectivity index (χ0n) is 16.2. The average molecular weight is 403 g/mol. The highest BCUT2D eigenvalue weighted by atomic mass is 32.2. The Labute approximate surface area is 165 Å². The molecule has 2 aliphatic rings. The summed E-state index contributed by atoms with van der Waals surface area (Å²) in [6, 6.07) is 5.11. The summed E-state index contributed by atoms with van der Waals surface area (Å²) >= 11 is 0. The molecule has 7 nitrogen and oxygen atoms in total. The lowest BCUT2D eigenvalue weighted by molar-refractivity contribution is 0.0936. The number of rotatable bonds is 5. The van der Waals surface area contributed by atoms with Crippen molar-refractivity contribution in [1.82, 2.24) is 19.8 Å². The fraction of sp³-hybridized carbons (Fsp3) is 0.500. The van der Waals surface area contributed by atoms with Crippen LogP contribution in [0.3, 0.4) is 0 Å². The Hall–Kier alpha value is -2.19. The van der Waals surface area contributed by atoms with E-state index in [0.717, 1.165) is 49.7 Å². The standard InChI is InChI=1S/C20H26N4O3S/c1-13-18(12-24(2)22-13)20(25)21-19-10-8-14-7-9-16(11-17(14)19)28(26,27)23-15-5-3-4-6-15/h7,9,11-12,15,19,23H,3-6,8,10H2,1-2H3,(H,21,25). The van der Waals surface area contributed by atoms with E-state index < -0.39 is 10.0 Å². The molecule has 0 aliphatic heterocycles. The van der Waals surface area contributed by atoms with Gasteiger partial charge in [-0.25, -0.2) is 13.1 Å². The van der Waals surface area contributed by atoms with Gasteiger partial charge in [-0.2, -0.15) is 5.10 Å². The fourth-order valence-electron chi connectivity index (χ4n) is 4.29. The van der Waals surface area contributed by atoms with Crippen molar-refractivity contribution in [2.45, 2.75) is 62.4 Å². The maximum atomic E-state index is 12.8. The van der Waals surface area contributed by atoms with Gasteiger partial charge >= 0.3 is 0 Å². The first-order chi connectivity index (χ1) is 13.3. The third-order valence-corrected chi connectivity index (χ3v) is 7.26. The summed E-state index contributed by atoms with van der Waals surface area (Å²) < 4.78 is 30.0. The minimum Gasteiger partial charge on any atom is -0.345 e. The average Bonchev–Trinajstić information content (AvgIpc) is 3.35. The number of sulfonamides is 1. The first-order valence-corrected chi connectivity index (χ1v) is 11.3. The molecule has 8 heteroatoms. The van der Waals surface area contributed by atoms with Crippen LogP contribution in [-0.2, 0) is 23.5 Å². The third-order valence-electron chi connectivity index (χ3n) is 5.75. The van der Waals surface area contributed by atoms with Crippen molar-refractivity contribution in [3.8, 4) is 0 Å². The van der Waals surface area contributed by atoms with E-state index in [1.54, 1.807) is 37.0 Å². The van der Waals surface area contributed by atoms with Crippen LogP contribution in [0.5, 0.6) is 0 Å². The van der Waals surface area contributed by atoms with Gasteiger partial charge in [-0.3, -0.25) is 9.48 Å². The lowest BCUT2D eigenvalue weighted by Crippen LogP contribution is -2.33. The van der Waals surface area contributed by atoms with E-state index in [1.165, 1.54) is 0 Å². The second kappa shape index (κ2) is 7.33. The van der Waals surface area contributed by atoms with E-state index in [-0.39, 0.29) is 22.9 Å². The second-order valence-electron chi connectivity index (χ2n) is 7.83. The van der Waals surface area contributed by atoms with Gasteiger partial charge in [0.05, 0.1) is 22.2 Å². The molecule has 4 rings (SSSR count). The lowest BCUT2D eigenvalue weighted by Gasteiger charge is -2.16. The third kappa shape index (κ3) is 3.71. The van der Waals surface area contributed by atoms with Crippen LogP contribution in [0.4, 0.5) is 0 Å². The number of nitrogens with one attached hydrogen (secondary N) is 2. The molecule has 2 aromatic rings. The van der Waals surface area contributed by atoms with Gasteiger partial charge in [0.2, 0.25) is 10.0 Å². The van der Waals surface area contributed by atoms with Crippen LogP contribution >= 0.6 is 0 Å². The summed E-state index contributed by atoms with van der Waals surface area (Å²) in [5.74, 6) is -0.180. The van der Waals surface area contributed by atoms with Gasteiger partial charge in [-0.05, 0) is 55.9 Å². The molecule has 1 heterocycles. The molecule has 1 atom stereocenters. The maximum absolute atomic E-state index is 12.8. The van der Waals surface area contributed by atoms with E-state index in [2.05, 4.69) is 15.1 Å². The molecule has 0 bridgehead atoms.